The molecule has 0 radical (unpaired) electrons. The molecule has 1 unspecified atom stereocenters. The van der Waals surface area contributed by atoms with E-state index in [9.17, 15) is 9.59 Å². The molecule has 8 nitrogen and oxygen atoms in total. The second-order valence-corrected chi connectivity index (χ2v) is 7.16. The second kappa shape index (κ2) is 9.21. The topological polar surface area (TPSA) is 94.2 Å². The van der Waals surface area contributed by atoms with Crippen molar-refractivity contribution >= 4 is 17.5 Å². The van der Waals surface area contributed by atoms with Gasteiger partial charge in [-0.15, -0.1) is 0 Å². The van der Waals surface area contributed by atoms with E-state index < -0.39 is 11.8 Å². The third kappa shape index (κ3) is 4.65. The van der Waals surface area contributed by atoms with Crippen molar-refractivity contribution in [3.05, 3.63) is 78.6 Å². The Kier molecular flexibility index (Phi) is 6.03. The number of aromatic amines is 1. The van der Waals surface area contributed by atoms with Gasteiger partial charge in [0.15, 0.2) is 0 Å². The van der Waals surface area contributed by atoms with E-state index in [4.69, 9.17) is 0 Å². The molecule has 3 aromatic rings. The number of benzene rings is 1. The highest BCUT2D eigenvalue weighted by Crippen LogP contribution is 2.18. The molecule has 0 bridgehead atoms. The maximum Gasteiger partial charge on any atom is 0.312 e. The van der Waals surface area contributed by atoms with Crippen molar-refractivity contribution in [1.82, 2.24) is 25.2 Å². The summed E-state index contributed by atoms with van der Waals surface area (Å²) in [5.41, 5.74) is 2.00. The smallest absolute Gasteiger partial charge is 0.312 e. The lowest BCUT2D eigenvalue weighted by Gasteiger charge is -2.35. The van der Waals surface area contributed by atoms with Gasteiger partial charge in [-0.25, -0.2) is 4.98 Å². The molecule has 3 heterocycles. The molecular weight excluding hydrogens is 380 g/mol. The number of anilines is 1. The quantitative estimate of drug-likeness (QED) is 0.630. The molecule has 8 heteroatoms. The molecule has 0 saturated carbocycles. The van der Waals surface area contributed by atoms with Gasteiger partial charge in [0.1, 0.15) is 5.82 Å². The zero-order valence-electron chi connectivity index (χ0n) is 16.6. The average Bonchev–Trinajstić information content (AvgIpc) is 3.32. The number of amides is 2. The molecule has 1 saturated heterocycles. The van der Waals surface area contributed by atoms with Crippen molar-refractivity contribution in [1.29, 1.82) is 0 Å². The van der Waals surface area contributed by atoms with Crippen LogP contribution < -0.4 is 10.2 Å². The number of carbonyl (C=O) groups is 2. The molecule has 1 fully saturated rings. The molecular formula is C22H24N6O2. The number of rotatable bonds is 5. The number of aromatic nitrogens is 3. The predicted molar refractivity (Wildman–Crippen MR) is 113 cm³/mol. The normalized spacial score (nSPS) is 14.9. The number of pyridine rings is 1. The van der Waals surface area contributed by atoms with Crippen LogP contribution in [0.1, 0.15) is 17.4 Å². The van der Waals surface area contributed by atoms with Gasteiger partial charge in [-0.05, 0) is 17.7 Å². The first kappa shape index (κ1) is 19.6. The second-order valence-electron chi connectivity index (χ2n) is 7.16. The summed E-state index contributed by atoms with van der Waals surface area (Å²) in [6.45, 7) is 2.36. The fourth-order valence-corrected chi connectivity index (χ4v) is 3.63. The van der Waals surface area contributed by atoms with Gasteiger partial charge in [0.25, 0.3) is 0 Å². The Morgan fingerprint density at radius 2 is 1.73 bits per heavy atom. The molecule has 0 aliphatic carbocycles. The first-order chi connectivity index (χ1) is 14.7. The van der Waals surface area contributed by atoms with E-state index in [2.05, 4.69) is 25.2 Å². The number of nitrogens with zero attached hydrogens (tertiary/aromatic N) is 4. The molecule has 2 N–H and O–H groups in total. The van der Waals surface area contributed by atoms with Crippen molar-refractivity contribution in [3.63, 3.8) is 0 Å². The molecule has 1 aliphatic heterocycles. The van der Waals surface area contributed by atoms with E-state index in [0.29, 0.717) is 32.6 Å². The maximum atomic E-state index is 12.8. The maximum absolute atomic E-state index is 12.8. The Morgan fingerprint density at radius 1 is 1.00 bits per heavy atom. The standard InChI is InChI=1S/C22H24N6O2/c29-21(22(30)28-14-12-27(13-15-28)18-6-8-23-9-7-18)26-19(16-20-24-10-11-25-20)17-4-2-1-3-5-17/h1-11,19H,12-16H2,(H,24,25)(H,26,29). The number of H-pyrrole nitrogens is 1. The molecule has 2 amide bonds. The highest BCUT2D eigenvalue weighted by molar-refractivity contribution is 6.35. The van der Waals surface area contributed by atoms with Crippen LogP contribution in [0, 0.1) is 0 Å². The van der Waals surface area contributed by atoms with E-state index >= 15 is 0 Å². The zero-order chi connectivity index (χ0) is 20.8. The minimum atomic E-state index is -0.590. The fraction of sp³-hybridized carbons (Fsp3) is 0.273. The van der Waals surface area contributed by atoms with Gasteiger partial charge in [0.2, 0.25) is 0 Å². The van der Waals surface area contributed by atoms with Crippen molar-refractivity contribution in [3.8, 4) is 0 Å². The minimum Gasteiger partial charge on any atom is -0.368 e. The van der Waals surface area contributed by atoms with Crippen molar-refractivity contribution in [2.45, 2.75) is 12.5 Å². The number of hydrogen-bond donors (Lipinski definition) is 2. The van der Waals surface area contributed by atoms with Gasteiger partial charge in [0.05, 0.1) is 6.04 Å². The monoisotopic (exact) mass is 404 g/mol. The van der Waals surface area contributed by atoms with Gasteiger partial charge < -0.3 is 20.1 Å². The fourth-order valence-electron chi connectivity index (χ4n) is 3.63. The van der Waals surface area contributed by atoms with Crippen molar-refractivity contribution in [2.75, 3.05) is 31.1 Å². The summed E-state index contributed by atoms with van der Waals surface area (Å²) in [7, 11) is 0. The van der Waals surface area contributed by atoms with E-state index in [1.165, 1.54) is 0 Å². The van der Waals surface area contributed by atoms with Crippen LogP contribution in [0.3, 0.4) is 0 Å². The first-order valence-corrected chi connectivity index (χ1v) is 9.98. The Morgan fingerprint density at radius 3 is 2.40 bits per heavy atom. The molecule has 1 atom stereocenters. The van der Waals surface area contributed by atoms with Crippen LogP contribution in [0.25, 0.3) is 0 Å². The van der Waals surface area contributed by atoms with Crippen LogP contribution in [0.5, 0.6) is 0 Å². The molecule has 4 rings (SSSR count). The summed E-state index contributed by atoms with van der Waals surface area (Å²) in [5, 5.41) is 2.90. The predicted octanol–water partition coefficient (Wildman–Crippen LogP) is 1.55. The number of imidazole rings is 1. The van der Waals surface area contributed by atoms with Gasteiger partial charge in [-0.3, -0.25) is 14.6 Å². The van der Waals surface area contributed by atoms with E-state index in [1.807, 2.05) is 42.5 Å². The number of carbonyl (C=O) groups excluding carboxylic acids is 2. The molecule has 1 aliphatic rings. The Bertz CT molecular complexity index is 954. The third-order valence-electron chi connectivity index (χ3n) is 5.25. The van der Waals surface area contributed by atoms with Crippen LogP contribution in [0.4, 0.5) is 5.69 Å². The largest absolute Gasteiger partial charge is 0.368 e. The Labute approximate surface area is 175 Å². The minimum absolute atomic E-state index is 0.341. The van der Waals surface area contributed by atoms with Crippen LogP contribution in [0.2, 0.25) is 0 Å². The lowest BCUT2D eigenvalue weighted by atomic mass is 10.0. The van der Waals surface area contributed by atoms with Crippen molar-refractivity contribution in [2.24, 2.45) is 0 Å². The van der Waals surface area contributed by atoms with E-state index in [-0.39, 0.29) is 6.04 Å². The number of piperazine rings is 1. The first-order valence-electron chi connectivity index (χ1n) is 9.98. The van der Waals surface area contributed by atoms with E-state index in [0.717, 1.165) is 17.1 Å². The number of hydrogen-bond acceptors (Lipinski definition) is 5. The summed E-state index contributed by atoms with van der Waals surface area (Å²) in [6, 6.07) is 13.2. The summed E-state index contributed by atoms with van der Waals surface area (Å²) < 4.78 is 0. The SMILES string of the molecule is O=C(NC(Cc1ncc[nH]1)c1ccccc1)C(=O)N1CCN(c2ccncc2)CC1. The highest BCUT2D eigenvalue weighted by atomic mass is 16.2. The molecule has 154 valence electrons. The number of nitrogens with one attached hydrogen (secondary N) is 2. The molecule has 1 aromatic carbocycles. The zero-order valence-corrected chi connectivity index (χ0v) is 16.6. The molecule has 30 heavy (non-hydrogen) atoms. The highest BCUT2D eigenvalue weighted by Gasteiger charge is 2.28. The van der Waals surface area contributed by atoms with Gasteiger partial charge in [0, 0.05) is 63.1 Å². The molecule has 0 spiro atoms. The van der Waals surface area contributed by atoms with Crippen LogP contribution in [-0.4, -0.2) is 57.8 Å². The molecule has 2 aromatic heterocycles. The summed E-state index contributed by atoms with van der Waals surface area (Å²) in [6.07, 6.45) is 7.40. The van der Waals surface area contributed by atoms with Gasteiger partial charge >= 0.3 is 11.8 Å². The van der Waals surface area contributed by atoms with Crippen LogP contribution >= 0.6 is 0 Å². The Balaban J connectivity index is 1.38. The average molecular weight is 404 g/mol. The third-order valence-corrected chi connectivity index (χ3v) is 5.25. The Hall–Kier alpha value is -3.68. The summed E-state index contributed by atoms with van der Waals surface area (Å²) in [4.78, 5) is 40.7. The summed E-state index contributed by atoms with van der Waals surface area (Å²) >= 11 is 0. The lowest BCUT2D eigenvalue weighted by molar-refractivity contribution is -0.146. The summed E-state index contributed by atoms with van der Waals surface area (Å²) in [5.74, 6) is -0.333. The lowest BCUT2D eigenvalue weighted by Crippen LogP contribution is -2.53. The van der Waals surface area contributed by atoms with Crippen LogP contribution in [0.15, 0.2) is 67.3 Å². The van der Waals surface area contributed by atoms with Crippen LogP contribution in [-0.2, 0) is 16.0 Å². The van der Waals surface area contributed by atoms with Gasteiger partial charge in [-0.2, -0.15) is 0 Å². The van der Waals surface area contributed by atoms with Gasteiger partial charge in [-0.1, -0.05) is 30.3 Å². The van der Waals surface area contributed by atoms with Crippen molar-refractivity contribution < 1.29 is 9.59 Å². The van der Waals surface area contributed by atoms with E-state index in [1.54, 1.807) is 29.7 Å².